The average molecular weight is 400 g/mol. The third-order valence-electron chi connectivity index (χ3n) is 3.01. The van der Waals surface area contributed by atoms with Crippen molar-refractivity contribution in [1.82, 2.24) is 10.0 Å². The maximum absolute atomic E-state index is 12.4. The molecule has 28 heavy (non-hydrogen) atoms. The highest BCUT2D eigenvalue weighted by atomic mass is 16.7. The highest BCUT2D eigenvalue weighted by molar-refractivity contribution is 5.82. The molecule has 0 radical (unpaired) electrons. The molecule has 0 spiro atoms. The lowest BCUT2D eigenvalue weighted by atomic mass is 10.1. The van der Waals surface area contributed by atoms with Gasteiger partial charge in [-0.15, -0.1) is 4.73 Å². The van der Waals surface area contributed by atoms with Crippen molar-refractivity contribution in [2.75, 3.05) is 0 Å². The van der Waals surface area contributed by atoms with Gasteiger partial charge in [-0.05, 0) is 48.0 Å². The number of rotatable bonds is 6. The van der Waals surface area contributed by atoms with Gasteiger partial charge in [0.15, 0.2) is 0 Å². The van der Waals surface area contributed by atoms with Crippen LogP contribution in [-0.4, -0.2) is 50.2 Å². The van der Waals surface area contributed by atoms with E-state index >= 15 is 0 Å². The van der Waals surface area contributed by atoms with Gasteiger partial charge in [-0.3, -0.25) is 0 Å². The van der Waals surface area contributed by atoms with E-state index in [2.05, 4.69) is 5.32 Å². The Kier molecular flexibility index (Phi) is 7.31. The maximum atomic E-state index is 12.4. The van der Waals surface area contributed by atoms with E-state index in [4.69, 9.17) is 14.3 Å². The summed E-state index contributed by atoms with van der Waals surface area (Å²) in [5.41, 5.74) is -1.57. The number of carbonyl (C=O) groups excluding carboxylic acids is 3. The molecule has 0 aliphatic heterocycles. The third-order valence-corrected chi connectivity index (χ3v) is 3.01. The second kappa shape index (κ2) is 8.85. The Labute approximate surface area is 163 Å². The summed E-state index contributed by atoms with van der Waals surface area (Å²) in [7, 11) is 0. The van der Waals surface area contributed by atoms with Gasteiger partial charge < -0.3 is 29.8 Å². The van der Waals surface area contributed by atoms with E-state index in [9.17, 15) is 24.6 Å². The number of aromatic nitrogens is 1. The second-order valence-electron chi connectivity index (χ2n) is 8.08. The molecule has 1 rings (SSSR count). The minimum Gasteiger partial charge on any atom is -0.492 e. The lowest BCUT2D eigenvalue weighted by Gasteiger charge is -2.26. The van der Waals surface area contributed by atoms with Crippen LogP contribution in [0, 0.1) is 0 Å². The van der Waals surface area contributed by atoms with Crippen LogP contribution in [0.5, 0.6) is 11.8 Å². The molecule has 1 amide bonds. The number of hydrogen-bond donors (Lipinski definition) is 3. The Morgan fingerprint density at radius 1 is 1.00 bits per heavy atom. The largest absolute Gasteiger partial charge is 0.492 e. The smallest absolute Gasteiger partial charge is 0.408 e. The zero-order valence-corrected chi connectivity index (χ0v) is 16.9. The van der Waals surface area contributed by atoms with Crippen LogP contribution in [0.2, 0.25) is 0 Å². The van der Waals surface area contributed by atoms with E-state index in [1.54, 1.807) is 41.5 Å². The Hall–Kier alpha value is -2.91. The predicted octanol–water partition coefficient (Wildman–Crippen LogP) is 1.87. The molecule has 0 aliphatic rings. The first-order valence-electron chi connectivity index (χ1n) is 8.71. The highest BCUT2D eigenvalue weighted by Crippen LogP contribution is 2.19. The Bertz CT molecular complexity index is 693. The number of nitrogens with zero attached hydrogens (tertiary/aromatic N) is 1. The zero-order chi connectivity index (χ0) is 21.7. The Morgan fingerprint density at radius 2 is 1.50 bits per heavy atom. The highest BCUT2D eigenvalue weighted by Gasteiger charge is 2.29. The van der Waals surface area contributed by atoms with Crippen molar-refractivity contribution in [3.05, 3.63) is 12.1 Å². The van der Waals surface area contributed by atoms with Crippen LogP contribution >= 0.6 is 0 Å². The van der Waals surface area contributed by atoms with E-state index in [-0.39, 0.29) is 12.8 Å². The standard InChI is InChI=1S/C18H28N2O8/c1-17(2,3)26-15(24)11(19-16(25)27-18(4,5)6)7-10-14(23)28-20-12(21)8-9-13(20)22/h8-9,11,21-22H,7,10H2,1-6H3,(H,19,25)/t11-/m0/s1. The van der Waals surface area contributed by atoms with Crippen LogP contribution in [0.25, 0.3) is 0 Å². The first-order chi connectivity index (χ1) is 12.7. The quantitative estimate of drug-likeness (QED) is 0.616. The number of nitrogens with one attached hydrogen (secondary N) is 1. The van der Waals surface area contributed by atoms with Gasteiger partial charge >= 0.3 is 18.0 Å². The Morgan fingerprint density at radius 3 is 1.96 bits per heavy atom. The molecule has 1 atom stereocenters. The normalized spacial score (nSPS) is 12.8. The molecule has 10 heteroatoms. The predicted molar refractivity (Wildman–Crippen MR) is 97.6 cm³/mol. The van der Waals surface area contributed by atoms with Crippen LogP contribution in [0.3, 0.4) is 0 Å². The molecule has 1 aromatic rings. The number of hydrogen-bond acceptors (Lipinski definition) is 8. The molecule has 0 unspecified atom stereocenters. The van der Waals surface area contributed by atoms with Crippen LogP contribution in [-0.2, 0) is 19.1 Å². The summed E-state index contributed by atoms with van der Waals surface area (Å²) in [4.78, 5) is 41.2. The van der Waals surface area contributed by atoms with E-state index in [0.29, 0.717) is 4.73 Å². The van der Waals surface area contributed by atoms with Crippen molar-refractivity contribution in [2.24, 2.45) is 0 Å². The fourth-order valence-corrected chi connectivity index (χ4v) is 1.98. The summed E-state index contributed by atoms with van der Waals surface area (Å²) >= 11 is 0. The topological polar surface area (TPSA) is 136 Å². The SMILES string of the molecule is CC(C)(C)OC(=O)N[C@@H](CCC(=O)On1c(O)ccc1O)C(=O)OC(C)(C)C. The fourth-order valence-electron chi connectivity index (χ4n) is 1.98. The van der Waals surface area contributed by atoms with E-state index in [1.807, 2.05) is 0 Å². The molecule has 10 nitrogen and oxygen atoms in total. The Balaban J connectivity index is 2.77. The summed E-state index contributed by atoms with van der Waals surface area (Å²) < 4.78 is 10.9. The molecule has 0 aromatic carbocycles. The molecule has 0 fully saturated rings. The van der Waals surface area contributed by atoms with Crippen molar-refractivity contribution in [1.29, 1.82) is 0 Å². The number of carbonyl (C=O) groups is 3. The molecule has 0 saturated heterocycles. The monoisotopic (exact) mass is 400 g/mol. The number of ether oxygens (including phenoxy) is 2. The molecule has 1 aromatic heterocycles. The first-order valence-corrected chi connectivity index (χ1v) is 8.71. The molecular formula is C18H28N2O8. The van der Waals surface area contributed by atoms with Crippen LogP contribution in [0.4, 0.5) is 4.79 Å². The summed E-state index contributed by atoms with van der Waals surface area (Å²) in [6.45, 7) is 10.0. The van der Waals surface area contributed by atoms with Gasteiger partial charge in [-0.1, -0.05) is 0 Å². The molecule has 3 N–H and O–H groups in total. The van der Waals surface area contributed by atoms with Gasteiger partial charge in [-0.25, -0.2) is 14.4 Å². The number of aromatic hydroxyl groups is 2. The minimum absolute atomic E-state index is 0.143. The van der Waals surface area contributed by atoms with Crippen molar-refractivity contribution in [3.63, 3.8) is 0 Å². The van der Waals surface area contributed by atoms with Gasteiger partial charge in [0.05, 0.1) is 6.42 Å². The van der Waals surface area contributed by atoms with Gasteiger partial charge in [0.25, 0.3) is 0 Å². The van der Waals surface area contributed by atoms with Crippen molar-refractivity contribution in [3.8, 4) is 11.8 Å². The first kappa shape index (κ1) is 23.1. The second-order valence-corrected chi connectivity index (χ2v) is 8.08. The number of alkyl carbamates (subject to hydrolysis) is 1. The van der Waals surface area contributed by atoms with Gasteiger partial charge in [0.1, 0.15) is 17.2 Å². The summed E-state index contributed by atoms with van der Waals surface area (Å²) in [5.74, 6) is -2.53. The minimum atomic E-state index is -1.16. The molecule has 0 aliphatic carbocycles. The molecular weight excluding hydrogens is 372 g/mol. The number of amides is 1. The number of esters is 1. The van der Waals surface area contributed by atoms with Gasteiger partial charge in [-0.2, -0.15) is 0 Å². The van der Waals surface area contributed by atoms with Crippen molar-refractivity contribution < 1.29 is 38.9 Å². The fraction of sp³-hybridized carbons (Fsp3) is 0.611. The van der Waals surface area contributed by atoms with Crippen LogP contribution in [0.15, 0.2) is 12.1 Å². The lowest BCUT2D eigenvalue weighted by Crippen LogP contribution is -2.46. The van der Waals surface area contributed by atoms with Crippen LogP contribution in [0.1, 0.15) is 54.4 Å². The summed E-state index contributed by atoms with van der Waals surface area (Å²) in [6.07, 6.45) is -1.29. The molecule has 1 heterocycles. The van der Waals surface area contributed by atoms with Crippen LogP contribution < -0.4 is 10.2 Å². The maximum Gasteiger partial charge on any atom is 0.408 e. The third kappa shape index (κ3) is 8.19. The molecule has 0 bridgehead atoms. The van der Waals surface area contributed by atoms with Crippen molar-refractivity contribution >= 4 is 18.0 Å². The molecule has 158 valence electrons. The van der Waals surface area contributed by atoms with Crippen molar-refractivity contribution in [2.45, 2.75) is 71.6 Å². The van der Waals surface area contributed by atoms with Gasteiger partial charge in [0.2, 0.25) is 11.8 Å². The zero-order valence-electron chi connectivity index (χ0n) is 16.9. The average Bonchev–Trinajstić information content (AvgIpc) is 2.79. The van der Waals surface area contributed by atoms with Gasteiger partial charge in [0, 0.05) is 12.1 Å². The summed E-state index contributed by atoms with van der Waals surface area (Å²) in [6, 6.07) is 1.11. The van der Waals surface area contributed by atoms with E-state index < -0.39 is 47.0 Å². The lowest BCUT2D eigenvalue weighted by molar-refractivity contribution is -0.158. The molecule has 0 saturated carbocycles. The van der Waals surface area contributed by atoms with E-state index in [1.165, 1.54) is 0 Å². The summed E-state index contributed by atoms with van der Waals surface area (Å²) in [5, 5.41) is 21.3. The van der Waals surface area contributed by atoms with E-state index in [0.717, 1.165) is 12.1 Å².